The molecule has 0 spiro atoms. The lowest BCUT2D eigenvalue weighted by atomic mass is 10.4. The summed E-state index contributed by atoms with van der Waals surface area (Å²) in [6.45, 7) is 4.01. The van der Waals surface area contributed by atoms with Crippen molar-refractivity contribution >= 4 is 11.9 Å². The van der Waals surface area contributed by atoms with Crippen LogP contribution in [0, 0.1) is 0 Å². The Hall–Kier alpha value is -1.52. The zero-order valence-electron chi connectivity index (χ0n) is 8.90. The number of hydrogen-bond donors (Lipinski definition) is 2. The summed E-state index contributed by atoms with van der Waals surface area (Å²) in [6, 6.07) is 0.693. The van der Waals surface area contributed by atoms with Crippen LogP contribution >= 0.6 is 0 Å². The van der Waals surface area contributed by atoms with Crippen molar-refractivity contribution in [1.29, 1.82) is 0 Å². The third-order valence-corrected chi connectivity index (χ3v) is 2.42. The predicted molar refractivity (Wildman–Crippen MR) is 56.2 cm³/mol. The van der Waals surface area contributed by atoms with Crippen LogP contribution in [0.1, 0.15) is 43.2 Å². The zero-order chi connectivity index (χ0) is 11.0. The molecule has 1 heterocycles. The fraction of sp³-hybridized carbons (Fsp3) is 0.600. The van der Waals surface area contributed by atoms with Crippen molar-refractivity contribution in [3.8, 4) is 0 Å². The number of carbonyl (C=O) groups is 1. The molecule has 1 fully saturated rings. The molecule has 1 aromatic heterocycles. The van der Waals surface area contributed by atoms with E-state index >= 15 is 0 Å². The number of carboxylic acid groups (broad SMARTS) is 1. The standard InChI is InChI=1S/C10H15N3O2/c1-6(2)13-5-8(9(14)15)12-10(13)11-7-3-4-7/h5-7H,3-4H2,1-2H3,(H,11,12)(H,14,15). The molecule has 0 saturated heterocycles. The number of hydrogen-bond acceptors (Lipinski definition) is 3. The average molecular weight is 209 g/mol. The largest absolute Gasteiger partial charge is 0.476 e. The summed E-state index contributed by atoms with van der Waals surface area (Å²) in [5, 5.41) is 12.1. The van der Waals surface area contributed by atoms with Gasteiger partial charge >= 0.3 is 5.97 Å². The van der Waals surface area contributed by atoms with E-state index in [1.807, 2.05) is 18.4 Å². The summed E-state index contributed by atoms with van der Waals surface area (Å²) in [5.74, 6) is -0.307. The fourth-order valence-corrected chi connectivity index (χ4v) is 1.41. The van der Waals surface area contributed by atoms with Crippen LogP contribution in [0.3, 0.4) is 0 Å². The summed E-state index contributed by atoms with van der Waals surface area (Å²) in [4.78, 5) is 14.9. The van der Waals surface area contributed by atoms with Crippen molar-refractivity contribution in [1.82, 2.24) is 9.55 Å². The number of aromatic nitrogens is 2. The van der Waals surface area contributed by atoms with Crippen LogP contribution in [0.4, 0.5) is 5.95 Å². The Morgan fingerprint density at radius 1 is 1.67 bits per heavy atom. The number of nitrogens with one attached hydrogen (secondary N) is 1. The number of rotatable bonds is 4. The van der Waals surface area contributed by atoms with Crippen molar-refractivity contribution in [2.45, 2.75) is 38.8 Å². The van der Waals surface area contributed by atoms with Crippen molar-refractivity contribution in [2.75, 3.05) is 5.32 Å². The first-order chi connectivity index (χ1) is 7.08. The average Bonchev–Trinajstić information content (AvgIpc) is 2.82. The molecule has 0 aliphatic heterocycles. The number of imidazole rings is 1. The van der Waals surface area contributed by atoms with Crippen LogP contribution in [0.5, 0.6) is 0 Å². The van der Waals surface area contributed by atoms with Gasteiger partial charge < -0.3 is 15.0 Å². The highest BCUT2D eigenvalue weighted by molar-refractivity contribution is 5.85. The van der Waals surface area contributed by atoms with E-state index in [1.165, 1.54) is 0 Å². The maximum absolute atomic E-state index is 10.8. The van der Waals surface area contributed by atoms with Crippen molar-refractivity contribution in [2.24, 2.45) is 0 Å². The molecule has 0 atom stereocenters. The first-order valence-corrected chi connectivity index (χ1v) is 5.16. The highest BCUT2D eigenvalue weighted by Gasteiger charge is 2.24. The van der Waals surface area contributed by atoms with Crippen LogP contribution in [-0.4, -0.2) is 26.7 Å². The minimum Gasteiger partial charge on any atom is -0.476 e. The third-order valence-electron chi connectivity index (χ3n) is 2.42. The lowest BCUT2D eigenvalue weighted by Gasteiger charge is -2.11. The molecule has 5 nitrogen and oxygen atoms in total. The number of nitrogens with zero attached hydrogens (tertiary/aromatic N) is 2. The lowest BCUT2D eigenvalue weighted by Crippen LogP contribution is -2.10. The van der Waals surface area contributed by atoms with Crippen LogP contribution < -0.4 is 5.32 Å². The molecule has 0 unspecified atom stereocenters. The minimum absolute atomic E-state index is 0.104. The normalized spacial score (nSPS) is 15.7. The van der Waals surface area contributed by atoms with Gasteiger partial charge in [0.1, 0.15) is 0 Å². The fourth-order valence-electron chi connectivity index (χ4n) is 1.41. The van der Waals surface area contributed by atoms with Gasteiger partial charge in [-0.15, -0.1) is 0 Å². The molecule has 1 aliphatic rings. The SMILES string of the molecule is CC(C)n1cc(C(=O)O)nc1NC1CC1. The van der Waals surface area contributed by atoms with Crippen LogP contribution in [0.25, 0.3) is 0 Å². The summed E-state index contributed by atoms with van der Waals surface area (Å²) in [7, 11) is 0. The van der Waals surface area contributed by atoms with E-state index in [0.29, 0.717) is 12.0 Å². The van der Waals surface area contributed by atoms with Gasteiger partial charge in [-0.3, -0.25) is 0 Å². The first kappa shape index (κ1) is 10.0. The molecule has 0 radical (unpaired) electrons. The van der Waals surface area contributed by atoms with E-state index in [9.17, 15) is 4.79 Å². The Labute approximate surface area is 88.1 Å². The quantitative estimate of drug-likeness (QED) is 0.792. The Morgan fingerprint density at radius 3 is 2.80 bits per heavy atom. The Balaban J connectivity index is 2.27. The molecule has 15 heavy (non-hydrogen) atoms. The molecule has 1 aliphatic carbocycles. The molecular formula is C10H15N3O2. The molecule has 82 valence electrons. The summed E-state index contributed by atoms with van der Waals surface area (Å²) >= 11 is 0. The van der Waals surface area contributed by atoms with Gasteiger partial charge in [-0.2, -0.15) is 0 Å². The van der Waals surface area contributed by atoms with Crippen LogP contribution in [-0.2, 0) is 0 Å². The molecule has 0 bridgehead atoms. The van der Waals surface area contributed by atoms with E-state index in [0.717, 1.165) is 12.8 Å². The molecule has 1 aromatic rings. The van der Waals surface area contributed by atoms with Gasteiger partial charge in [-0.25, -0.2) is 9.78 Å². The lowest BCUT2D eigenvalue weighted by molar-refractivity contribution is 0.0691. The summed E-state index contributed by atoms with van der Waals surface area (Å²) in [5.41, 5.74) is 0.104. The van der Waals surface area contributed by atoms with Crippen molar-refractivity contribution in [3.05, 3.63) is 11.9 Å². The summed E-state index contributed by atoms with van der Waals surface area (Å²) < 4.78 is 1.86. The van der Waals surface area contributed by atoms with Gasteiger partial charge in [-0.05, 0) is 26.7 Å². The maximum atomic E-state index is 10.8. The Kier molecular flexibility index (Phi) is 2.38. The second-order valence-electron chi connectivity index (χ2n) is 4.17. The second-order valence-corrected chi connectivity index (χ2v) is 4.17. The zero-order valence-corrected chi connectivity index (χ0v) is 8.90. The highest BCUT2D eigenvalue weighted by atomic mass is 16.4. The van der Waals surface area contributed by atoms with Crippen molar-refractivity contribution in [3.63, 3.8) is 0 Å². The molecule has 0 aromatic carbocycles. The third kappa shape index (κ3) is 2.11. The van der Waals surface area contributed by atoms with Crippen LogP contribution in [0.2, 0.25) is 0 Å². The predicted octanol–water partition coefficient (Wildman–Crippen LogP) is 1.74. The molecule has 5 heteroatoms. The molecule has 1 saturated carbocycles. The van der Waals surface area contributed by atoms with Gasteiger partial charge in [0.2, 0.25) is 5.95 Å². The Bertz CT molecular complexity index is 380. The first-order valence-electron chi connectivity index (χ1n) is 5.16. The topological polar surface area (TPSA) is 67.2 Å². The van der Waals surface area contributed by atoms with E-state index in [-0.39, 0.29) is 11.7 Å². The molecule has 0 amide bonds. The number of carboxylic acids is 1. The molecule has 2 N–H and O–H groups in total. The van der Waals surface area contributed by atoms with Gasteiger partial charge in [0.15, 0.2) is 5.69 Å². The number of anilines is 1. The van der Waals surface area contributed by atoms with Gasteiger partial charge in [-0.1, -0.05) is 0 Å². The summed E-state index contributed by atoms with van der Waals surface area (Å²) in [6.07, 6.45) is 3.87. The van der Waals surface area contributed by atoms with E-state index < -0.39 is 5.97 Å². The minimum atomic E-state index is -0.978. The monoisotopic (exact) mass is 209 g/mol. The molecular weight excluding hydrogens is 194 g/mol. The maximum Gasteiger partial charge on any atom is 0.356 e. The number of aromatic carboxylic acids is 1. The second kappa shape index (κ2) is 3.56. The van der Waals surface area contributed by atoms with E-state index in [2.05, 4.69) is 10.3 Å². The smallest absolute Gasteiger partial charge is 0.356 e. The molecule has 2 rings (SSSR count). The van der Waals surface area contributed by atoms with Gasteiger partial charge in [0, 0.05) is 18.3 Å². The van der Waals surface area contributed by atoms with E-state index in [4.69, 9.17) is 5.11 Å². The van der Waals surface area contributed by atoms with Crippen molar-refractivity contribution < 1.29 is 9.90 Å². The highest BCUT2D eigenvalue weighted by Crippen LogP contribution is 2.25. The van der Waals surface area contributed by atoms with Crippen LogP contribution in [0.15, 0.2) is 6.20 Å². The van der Waals surface area contributed by atoms with E-state index in [1.54, 1.807) is 6.20 Å². The van der Waals surface area contributed by atoms with Gasteiger partial charge in [0.25, 0.3) is 0 Å². The Morgan fingerprint density at radius 2 is 2.33 bits per heavy atom. The van der Waals surface area contributed by atoms with Gasteiger partial charge in [0.05, 0.1) is 0 Å².